The highest BCUT2D eigenvalue weighted by Gasteiger charge is 2.06. The van der Waals surface area contributed by atoms with Crippen molar-refractivity contribution in [1.29, 1.82) is 0 Å². The molecule has 3 aromatic rings. The van der Waals surface area contributed by atoms with Crippen molar-refractivity contribution in [2.45, 2.75) is 6.42 Å². The molecule has 0 atom stereocenters. The van der Waals surface area contributed by atoms with E-state index in [1.807, 2.05) is 24.3 Å². The summed E-state index contributed by atoms with van der Waals surface area (Å²) < 4.78 is 8.97. The molecule has 0 aliphatic heterocycles. The molecule has 0 spiro atoms. The molecule has 0 fully saturated rings. The molecule has 0 bridgehead atoms. The van der Waals surface area contributed by atoms with Crippen LogP contribution in [0.5, 0.6) is 0 Å². The summed E-state index contributed by atoms with van der Waals surface area (Å²) in [4.78, 5) is 10.6. The van der Waals surface area contributed by atoms with Crippen LogP contribution < -0.4 is 4.94 Å². The predicted octanol–water partition coefficient (Wildman–Crippen LogP) is 2.84. The van der Waals surface area contributed by atoms with Crippen molar-refractivity contribution in [3.63, 3.8) is 0 Å². The van der Waals surface area contributed by atoms with E-state index in [0.717, 1.165) is 17.1 Å². The van der Waals surface area contributed by atoms with E-state index in [2.05, 4.69) is 22.6 Å². The SMILES string of the molecule is O=c1oc(Cc2cccc3ccccc23)ns1. The van der Waals surface area contributed by atoms with E-state index >= 15 is 0 Å². The number of hydrogen-bond acceptors (Lipinski definition) is 4. The molecule has 0 saturated heterocycles. The highest BCUT2D eigenvalue weighted by atomic mass is 32.1. The zero-order valence-corrected chi connectivity index (χ0v) is 9.74. The Hall–Kier alpha value is -1.94. The van der Waals surface area contributed by atoms with Crippen LogP contribution in [-0.4, -0.2) is 4.37 Å². The first kappa shape index (κ1) is 10.2. The van der Waals surface area contributed by atoms with Gasteiger partial charge in [-0.15, -0.1) is 0 Å². The van der Waals surface area contributed by atoms with E-state index in [0.29, 0.717) is 12.3 Å². The maximum atomic E-state index is 10.9. The van der Waals surface area contributed by atoms with Gasteiger partial charge in [-0.1, -0.05) is 42.5 Å². The molecule has 0 saturated carbocycles. The standard InChI is InChI=1S/C13H9NO2S/c15-13-16-12(14-17-13)8-10-6-3-5-9-4-1-2-7-11(9)10/h1-7H,8H2. The van der Waals surface area contributed by atoms with Crippen molar-refractivity contribution in [2.24, 2.45) is 0 Å². The molecule has 17 heavy (non-hydrogen) atoms. The number of aromatic nitrogens is 1. The number of benzene rings is 2. The lowest BCUT2D eigenvalue weighted by atomic mass is 10.0. The smallest absolute Gasteiger partial charge is 0.398 e. The van der Waals surface area contributed by atoms with Crippen LogP contribution in [0.15, 0.2) is 51.7 Å². The third-order valence-corrected chi connectivity index (χ3v) is 3.17. The molecule has 1 aromatic heterocycles. The summed E-state index contributed by atoms with van der Waals surface area (Å²) in [5, 5.41) is 2.35. The van der Waals surface area contributed by atoms with Gasteiger partial charge in [0.15, 0.2) is 0 Å². The van der Waals surface area contributed by atoms with Gasteiger partial charge in [-0.25, -0.2) is 4.79 Å². The fourth-order valence-electron chi connectivity index (χ4n) is 1.90. The van der Waals surface area contributed by atoms with E-state index in [4.69, 9.17) is 4.42 Å². The largest absolute Gasteiger partial charge is 0.414 e. The average molecular weight is 243 g/mol. The predicted molar refractivity (Wildman–Crippen MR) is 67.4 cm³/mol. The van der Waals surface area contributed by atoms with Gasteiger partial charge in [0, 0.05) is 11.5 Å². The summed E-state index contributed by atoms with van der Waals surface area (Å²) in [5.41, 5.74) is 1.12. The molecule has 1 heterocycles. The molecular formula is C13H9NO2S. The van der Waals surface area contributed by atoms with Crippen LogP contribution in [0, 0.1) is 0 Å². The van der Waals surface area contributed by atoms with Crippen molar-refractivity contribution in [3.05, 3.63) is 63.7 Å². The van der Waals surface area contributed by atoms with Gasteiger partial charge < -0.3 is 4.42 Å². The van der Waals surface area contributed by atoms with Crippen LogP contribution in [0.2, 0.25) is 0 Å². The molecule has 4 heteroatoms. The highest BCUT2D eigenvalue weighted by molar-refractivity contribution is 7.02. The Kier molecular flexibility index (Phi) is 2.49. The highest BCUT2D eigenvalue weighted by Crippen LogP contribution is 2.20. The molecule has 0 radical (unpaired) electrons. The second-order valence-corrected chi connectivity index (χ2v) is 4.44. The first-order chi connectivity index (χ1) is 8.33. The molecule has 0 aliphatic rings. The first-order valence-electron chi connectivity index (χ1n) is 5.25. The third kappa shape index (κ3) is 1.99. The van der Waals surface area contributed by atoms with Crippen LogP contribution in [0.4, 0.5) is 0 Å². The molecule has 0 aliphatic carbocycles. The summed E-state index contributed by atoms with van der Waals surface area (Å²) in [6, 6.07) is 14.2. The van der Waals surface area contributed by atoms with Gasteiger partial charge in [0.1, 0.15) is 0 Å². The van der Waals surface area contributed by atoms with Crippen LogP contribution in [0.3, 0.4) is 0 Å². The topological polar surface area (TPSA) is 43.1 Å². The Morgan fingerprint density at radius 2 is 1.94 bits per heavy atom. The van der Waals surface area contributed by atoms with Crippen LogP contribution in [0.1, 0.15) is 11.5 Å². The van der Waals surface area contributed by atoms with Gasteiger partial charge in [-0.3, -0.25) is 0 Å². The maximum Gasteiger partial charge on any atom is 0.414 e. The zero-order valence-electron chi connectivity index (χ0n) is 8.92. The Labute approximate surface area is 102 Å². The van der Waals surface area contributed by atoms with Gasteiger partial charge in [0.25, 0.3) is 0 Å². The monoisotopic (exact) mass is 243 g/mol. The van der Waals surface area contributed by atoms with Crippen molar-refractivity contribution in [2.75, 3.05) is 0 Å². The molecular weight excluding hydrogens is 234 g/mol. The molecule has 3 rings (SSSR count). The quantitative estimate of drug-likeness (QED) is 0.695. The summed E-state index contributed by atoms with van der Waals surface area (Å²) >= 11 is 0.857. The van der Waals surface area contributed by atoms with Gasteiger partial charge in [-0.05, 0) is 16.3 Å². The van der Waals surface area contributed by atoms with Crippen LogP contribution in [0.25, 0.3) is 10.8 Å². The minimum Gasteiger partial charge on any atom is -0.398 e. The lowest BCUT2D eigenvalue weighted by Crippen LogP contribution is -1.91. The fraction of sp³-hybridized carbons (Fsp3) is 0.0769. The second kappa shape index (κ2) is 4.14. The lowest BCUT2D eigenvalue weighted by Gasteiger charge is -2.03. The van der Waals surface area contributed by atoms with E-state index in [-0.39, 0.29) is 4.94 Å². The molecule has 2 aromatic carbocycles. The summed E-state index contributed by atoms with van der Waals surface area (Å²) in [6.45, 7) is 0. The van der Waals surface area contributed by atoms with Gasteiger partial charge in [-0.2, -0.15) is 4.37 Å². The normalized spacial score (nSPS) is 10.8. The number of nitrogens with zero attached hydrogens (tertiary/aromatic N) is 1. The zero-order chi connectivity index (χ0) is 11.7. The summed E-state index contributed by atoms with van der Waals surface area (Å²) in [5.74, 6) is 0.483. The summed E-state index contributed by atoms with van der Waals surface area (Å²) in [7, 11) is 0. The molecule has 84 valence electrons. The van der Waals surface area contributed by atoms with E-state index in [1.165, 1.54) is 10.8 Å². The molecule has 0 amide bonds. The van der Waals surface area contributed by atoms with Gasteiger partial charge >= 0.3 is 4.94 Å². The number of rotatable bonds is 2. The molecule has 0 unspecified atom stereocenters. The Morgan fingerprint density at radius 1 is 1.12 bits per heavy atom. The Morgan fingerprint density at radius 3 is 2.76 bits per heavy atom. The van der Waals surface area contributed by atoms with Crippen LogP contribution >= 0.6 is 11.5 Å². The number of hydrogen-bond donors (Lipinski definition) is 0. The van der Waals surface area contributed by atoms with Crippen molar-refractivity contribution in [3.8, 4) is 0 Å². The molecule has 0 N–H and O–H groups in total. The molecule has 3 nitrogen and oxygen atoms in total. The average Bonchev–Trinajstić information content (AvgIpc) is 2.75. The second-order valence-electron chi connectivity index (χ2n) is 3.74. The lowest BCUT2D eigenvalue weighted by molar-refractivity contribution is 0.479. The van der Waals surface area contributed by atoms with Crippen molar-refractivity contribution in [1.82, 2.24) is 4.37 Å². The van der Waals surface area contributed by atoms with E-state index < -0.39 is 0 Å². The van der Waals surface area contributed by atoms with E-state index in [1.54, 1.807) is 0 Å². The van der Waals surface area contributed by atoms with Gasteiger partial charge in [0.2, 0.25) is 5.89 Å². The fourth-order valence-corrected chi connectivity index (χ4v) is 2.31. The third-order valence-electron chi connectivity index (χ3n) is 2.64. The Balaban J connectivity index is 2.08. The van der Waals surface area contributed by atoms with Crippen LogP contribution in [-0.2, 0) is 6.42 Å². The Bertz CT molecular complexity index is 709. The minimum absolute atomic E-state index is 0.347. The van der Waals surface area contributed by atoms with Gasteiger partial charge in [0.05, 0.1) is 6.42 Å². The first-order valence-corrected chi connectivity index (χ1v) is 6.02. The minimum atomic E-state index is -0.347. The van der Waals surface area contributed by atoms with Crippen molar-refractivity contribution >= 4 is 22.3 Å². The number of fused-ring (bicyclic) bond motifs is 1. The maximum absolute atomic E-state index is 10.9. The van der Waals surface area contributed by atoms with Crippen molar-refractivity contribution < 1.29 is 4.42 Å². The summed E-state index contributed by atoms with van der Waals surface area (Å²) in [6.07, 6.45) is 0.556. The van der Waals surface area contributed by atoms with E-state index in [9.17, 15) is 4.79 Å².